The molecule has 0 aliphatic carbocycles. The smallest absolute Gasteiger partial charge is 0.241 e. The molecule has 0 spiro atoms. The predicted octanol–water partition coefficient (Wildman–Crippen LogP) is 2.75. The van der Waals surface area contributed by atoms with Crippen LogP contribution in [-0.2, 0) is 14.8 Å². The molecule has 0 heterocycles. The highest BCUT2D eigenvalue weighted by Crippen LogP contribution is 2.17. The number of anilines is 1. The predicted molar refractivity (Wildman–Crippen MR) is 84.6 cm³/mol. The average molecular weight is 312 g/mol. The van der Waals surface area contributed by atoms with Crippen molar-refractivity contribution in [2.45, 2.75) is 51.5 Å². The van der Waals surface area contributed by atoms with E-state index in [-0.39, 0.29) is 16.7 Å². The van der Waals surface area contributed by atoms with E-state index in [1.165, 1.54) is 12.1 Å². The quantitative estimate of drug-likeness (QED) is 0.878. The number of carbonyl (C=O) groups is 1. The Morgan fingerprint density at radius 2 is 1.71 bits per heavy atom. The fraction of sp³-hybridized carbons (Fsp3) is 0.533. The van der Waals surface area contributed by atoms with Crippen LogP contribution in [0.2, 0.25) is 0 Å². The number of rotatable bonds is 5. The van der Waals surface area contributed by atoms with Gasteiger partial charge in [0.2, 0.25) is 15.9 Å². The molecular formula is C15H24N2O3S. The lowest BCUT2D eigenvalue weighted by Gasteiger charge is -2.20. The highest BCUT2D eigenvalue weighted by Gasteiger charge is 2.21. The molecule has 0 aliphatic rings. The lowest BCUT2D eigenvalue weighted by Crippen LogP contribution is -2.40. The van der Waals surface area contributed by atoms with E-state index in [1.54, 1.807) is 32.9 Å². The molecule has 118 valence electrons. The molecule has 1 unspecified atom stereocenters. The molecule has 1 aromatic rings. The summed E-state index contributed by atoms with van der Waals surface area (Å²) >= 11 is 0. The van der Waals surface area contributed by atoms with Crippen molar-refractivity contribution >= 4 is 21.6 Å². The Labute approximate surface area is 127 Å². The minimum atomic E-state index is -3.55. The van der Waals surface area contributed by atoms with Gasteiger partial charge in [0.25, 0.3) is 0 Å². The molecule has 0 aromatic heterocycles. The molecule has 0 radical (unpaired) electrons. The Hall–Kier alpha value is -1.40. The number of hydrogen-bond acceptors (Lipinski definition) is 3. The summed E-state index contributed by atoms with van der Waals surface area (Å²) in [6.07, 6.45) is 0.758. The van der Waals surface area contributed by atoms with E-state index in [2.05, 4.69) is 10.0 Å². The third kappa shape index (κ3) is 5.47. The molecule has 0 saturated heterocycles. The zero-order chi connectivity index (χ0) is 16.3. The second-order valence-electron chi connectivity index (χ2n) is 6.18. The van der Waals surface area contributed by atoms with Gasteiger partial charge in [-0.1, -0.05) is 13.8 Å². The zero-order valence-corrected chi connectivity index (χ0v) is 14.0. The van der Waals surface area contributed by atoms with Crippen LogP contribution < -0.4 is 10.0 Å². The van der Waals surface area contributed by atoms with Crippen molar-refractivity contribution in [1.82, 2.24) is 4.72 Å². The normalized spacial score (nSPS) is 13.8. The highest BCUT2D eigenvalue weighted by molar-refractivity contribution is 7.89. The van der Waals surface area contributed by atoms with E-state index in [4.69, 9.17) is 0 Å². The average Bonchev–Trinajstić information content (AvgIpc) is 2.35. The van der Waals surface area contributed by atoms with Crippen molar-refractivity contribution in [3.8, 4) is 0 Å². The number of carbonyl (C=O) groups excluding carboxylic acids is 1. The molecular weight excluding hydrogens is 288 g/mol. The topological polar surface area (TPSA) is 75.3 Å². The zero-order valence-electron chi connectivity index (χ0n) is 13.2. The van der Waals surface area contributed by atoms with Crippen molar-refractivity contribution in [1.29, 1.82) is 0 Å². The molecule has 1 amide bonds. The Bertz CT molecular complexity index is 586. The summed E-state index contributed by atoms with van der Waals surface area (Å²) in [5, 5.41) is 2.77. The first-order chi connectivity index (χ1) is 9.55. The van der Waals surface area contributed by atoms with Crippen molar-refractivity contribution < 1.29 is 13.2 Å². The Morgan fingerprint density at radius 3 is 2.14 bits per heavy atom. The largest absolute Gasteiger partial charge is 0.326 e. The number of amides is 1. The summed E-state index contributed by atoms with van der Waals surface area (Å²) in [4.78, 5) is 12.0. The van der Waals surface area contributed by atoms with Crippen molar-refractivity contribution in [3.05, 3.63) is 24.3 Å². The van der Waals surface area contributed by atoms with Gasteiger partial charge < -0.3 is 5.32 Å². The molecule has 1 aromatic carbocycles. The summed E-state index contributed by atoms with van der Waals surface area (Å²) < 4.78 is 26.9. The second-order valence-corrected chi connectivity index (χ2v) is 7.86. The van der Waals surface area contributed by atoms with Crippen LogP contribution in [0.5, 0.6) is 0 Å². The fourth-order valence-electron chi connectivity index (χ4n) is 1.63. The van der Waals surface area contributed by atoms with Gasteiger partial charge in [0.05, 0.1) is 4.90 Å². The Balaban J connectivity index is 2.86. The third-order valence-corrected chi connectivity index (χ3v) is 4.71. The van der Waals surface area contributed by atoms with Crippen LogP contribution in [-0.4, -0.2) is 19.9 Å². The van der Waals surface area contributed by atoms with Crippen LogP contribution in [0.15, 0.2) is 29.2 Å². The summed E-state index contributed by atoms with van der Waals surface area (Å²) in [5.74, 6) is -0.142. The summed E-state index contributed by atoms with van der Waals surface area (Å²) in [6, 6.07) is 6.16. The Kier molecular flexibility index (Phi) is 5.53. The van der Waals surface area contributed by atoms with Gasteiger partial charge in [0.15, 0.2) is 0 Å². The van der Waals surface area contributed by atoms with Gasteiger partial charge in [-0.05, 0) is 51.5 Å². The first-order valence-corrected chi connectivity index (χ1v) is 8.48. The van der Waals surface area contributed by atoms with Gasteiger partial charge in [0, 0.05) is 17.1 Å². The first-order valence-electron chi connectivity index (χ1n) is 7.00. The van der Waals surface area contributed by atoms with E-state index in [0.717, 1.165) is 6.42 Å². The maximum atomic E-state index is 12.1. The molecule has 1 rings (SSSR count). The lowest BCUT2D eigenvalue weighted by molar-refractivity contribution is -0.119. The van der Waals surface area contributed by atoms with Crippen molar-refractivity contribution in [3.63, 3.8) is 0 Å². The van der Waals surface area contributed by atoms with E-state index < -0.39 is 15.6 Å². The van der Waals surface area contributed by atoms with Crippen LogP contribution in [0.1, 0.15) is 41.0 Å². The maximum Gasteiger partial charge on any atom is 0.241 e. The van der Waals surface area contributed by atoms with Crippen molar-refractivity contribution in [2.24, 2.45) is 5.92 Å². The standard InChI is InChI=1S/C15H24N2O3S/c1-6-11(2)14(18)16-12-7-9-13(10-8-12)21(19,20)17-15(3,4)5/h7-11,17H,6H2,1-5H3,(H,16,18). The third-order valence-electron chi connectivity index (χ3n) is 2.93. The van der Waals surface area contributed by atoms with Crippen LogP contribution in [0.3, 0.4) is 0 Å². The summed E-state index contributed by atoms with van der Waals surface area (Å²) in [6.45, 7) is 9.14. The second kappa shape index (κ2) is 6.58. The molecule has 6 heteroatoms. The number of benzene rings is 1. The molecule has 0 bridgehead atoms. The van der Waals surface area contributed by atoms with E-state index >= 15 is 0 Å². The van der Waals surface area contributed by atoms with Gasteiger partial charge in [0.1, 0.15) is 0 Å². The Morgan fingerprint density at radius 1 is 1.19 bits per heavy atom. The maximum absolute atomic E-state index is 12.1. The lowest BCUT2D eigenvalue weighted by atomic mass is 10.1. The minimum absolute atomic E-state index is 0.0686. The first kappa shape index (κ1) is 17.7. The van der Waals surface area contributed by atoms with Gasteiger partial charge in [-0.15, -0.1) is 0 Å². The number of nitrogens with one attached hydrogen (secondary N) is 2. The van der Waals surface area contributed by atoms with Gasteiger partial charge in [-0.3, -0.25) is 4.79 Å². The highest BCUT2D eigenvalue weighted by atomic mass is 32.2. The van der Waals surface area contributed by atoms with Gasteiger partial charge in [-0.2, -0.15) is 0 Å². The van der Waals surface area contributed by atoms with Crippen LogP contribution in [0, 0.1) is 5.92 Å². The van der Waals surface area contributed by atoms with Gasteiger partial charge in [-0.25, -0.2) is 13.1 Å². The summed E-state index contributed by atoms with van der Waals surface area (Å²) in [5.41, 5.74) is 0.0532. The number of sulfonamides is 1. The van der Waals surface area contributed by atoms with Crippen molar-refractivity contribution in [2.75, 3.05) is 5.32 Å². The molecule has 0 aliphatic heterocycles. The van der Waals surface area contributed by atoms with Crippen LogP contribution in [0.25, 0.3) is 0 Å². The fourth-order valence-corrected chi connectivity index (χ4v) is 3.05. The van der Waals surface area contributed by atoms with Crippen LogP contribution >= 0.6 is 0 Å². The molecule has 1 atom stereocenters. The molecule has 0 saturated carbocycles. The van der Waals surface area contributed by atoms with Gasteiger partial charge >= 0.3 is 0 Å². The van der Waals surface area contributed by atoms with E-state index in [9.17, 15) is 13.2 Å². The summed E-state index contributed by atoms with van der Waals surface area (Å²) in [7, 11) is -3.55. The van der Waals surface area contributed by atoms with E-state index in [1.807, 2.05) is 13.8 Å². The molecule has 21 heavy (non-hydrogen) atoms. The molecule has 2 N–H and O–H groups in total. The van der Waals surface area contributed by atoms with E-state index in [0.29, 0.717) is 5.69 Å². The molecule has 5 nitrogen and oxygen atoms in total. The monoisotopic (exact) mass is 312 g/mol. The number of hydrogen-bond donors (Lipinski definition) is 2. The SMILES string of the molecule is CCC(C)C(=O)Nc1ccc(S(=O)(=O)NC(C)(C)C)cc1. The molecule has 0 fully saturated rings. The minimum Gasteiger partial charge on any atom is -0.326 e. The van der Waals surface area contributed by atoms with Crippen LogP contribution in [0.4, 0.5) is 5.69 Å².